The zero-order chi connectivity index (χ0) is 40.8. The molecule has 0 aliphatic heterocycles. The van der Waals surface area contributed by atoms with E-state index in [1.54, 1.807) is 22.3 Å². The van der Waals surface area contributed by atoms with Crippen LogP contribution in [0.1, 0.15) is 163 Å². The molecular formula is C58H74Cl2SiZr-4. The van der Waals surface area contributed by atoms with Crippen molar-refractivity contribution in [2.75, 3.05) is 0 Å². The van der Waals surface area contributed by atoms with Crippen LogP contribution in [0.2, 0.25) is 0 Å². The van der Waals surface area contributed by atoms with E-state index in [4.69, 9.17) is 0 Å². The molecule has 10 rings (SSSR count). The van der Waals surface area contributed by atoms with Gasteiger partial charge in [0.1, 0.15) is 0 Å². The van der Waals surface area contributed by atoms with Crippen molar-refractivity contribution in [2.45, 2.75) is 154 Å². The predicted octanol–water partition coefficient (Wildman–Crippen LogP) is 18.2. The van der Waals surface area contributed by atoms with Crippen molar-refractivity contribution < 1.29 is 23.3 Å². The van der Waals surface area contributed by atoms with Gasteiger partial charge in [0, 0.05) is 0 Å². The van der Waals surface area contributed by atoms with Crippen LogP contribution in [-0.2, 0) is 36.2 Å². The molecule has 0 atom stereocenters. The Morgan fingerprint density at radius 1 is 0.500 bits per heavy atom. The molecule has 0 unspecified atom stereocenters. The van der Waals surface area contributed by atoms with Gasteiger partial charge >= 0.3 is 30.2 Å². The van der Waals surface area contributed by atoms with Crippen LogP contribution in [0, 0.1) is 26.2 Å². The number of benzene rings is 4. The summed E-state index contributed by atoms with van der Waals surface area (Å²) in [6.07, 6.45) is 29.0. The third kappa shape index (κ3) is 13.9. The van der Waals surface area contributed by atoms with Crippen LogP contribution >= 0.6 is 24.8 Å². The molecule has 4 aliphatic carbocycles. The van der Waals surface area contributed by atoms with Crippen LogP contribution in [0.4, 0.5) is 0 Å². The minimum atomic E-state index is 0. The van der Waals surface area contributed by atoms with E-state index < -0.39 is 0 Å². The molecule has 0 aromatic heterocycles. The first-order valence-corrected chi connectivity index (χ1v) is 28.0. The number of hydrogen-bond acceptors (Lipinski definition) is 0. The standard InChI is InChI=1S/2C27H31.C3H7.CH3.2ClH.Si.Zr/c2*1-2-9-22(10-3-1)23-13-15-24(16-14-23)26-12-6-11-25-18-21(19-27(25)26)17-20-7-4-5-8-20;1-3-2;;;;;/h2*6,11-16,18-20,22H,1-5,7-10,17H2;1,3H2,2H3;1H3;2*1H;;/q4*-1;;;;. The van der Waals surface area contributed by atoms with Crippen molar-refractivity contribution in [3.63, 3.8) is 0 Å². The van der Waals surface area contributed by atoms with Crippen molar-refractivity contribution >= 4 is 53.2 Å². The molecule has 332 valence electrons. The summed E-state index contributed by atoms with van der Waals surface area (Å²) in [5.74, 6) is 3.42. The SMILES string of the molecule is Cl.Cl.[CH2-]CC.[CH3-].[Si]=[Zr].c1cc(-c2ccc(C3CCCCC3)cc2)c2cc(CC3CCCC3)[cH-]c2c1.c1cc(-c2ccc(C3CCCCC3)cc2)c2cc(CC3CCCC3)[cH-]c2c1. The molecule has 4 aliphatic rings. The fraction of sp³-hybridized carbons (Fsp3) is 0.448. The zero-order valence-corrected chi connectivity index (χ0v) is 43.2. The van der Waals surface area contributed by atoms with Crippen molar-refractivity contribution in [1.82, 2.24) is 0 Å². The Bertz CT molecular complexity index is 1980. The first kappa shape index (κ1) is 52.4. The zero-order valence-electron chi connectivity index (χ0n) is 38.1. The molecule has 0 heterocycles. The predicted molar refractivity (Wildman–Crippen MR) is 275 cm³/mol. The second kappa shape index (κ2) is 27.3. The molecule has 2 radical (unpaired) electrons. The van der Waals surface area contributed by atoms with Gasteiger partial charge in [0.2, 0.25) is 0 Å². The number of rotatable bonds is 8. The van der Waals surface area contributed by atoms with Gasteiger partial charge in [0.15, 0.2) is 0 Å². The summed E-state index contributed by atoms with van der Waals surface area (Å²) < 4.78 is 0. The third-order valence-corrected chi connectivity index (χ3v) is 14.2. The second-order valence-corrected chi connectivity index (χ2v) is 18.5. The molecule has 0 spiro atoms. The molecule has 0 bridgehead atoms. The van der Waals surface area contributed by atoms with Crippen LogP contribution in [-0.4, -0.2) is 6.88 Å². The van der Waals surface area contributed by atoms with Gasteiger partial charge in [-0.25, -0.2) is 0 Å². The minimum absolute atomic E-state index is 0. The Kier molecular flexibility index (Phi) is 23.1. The summed E-state index contributed by atoms with van der Waals surface area (Å²) >= 11 is 1.36. The van der Waals surface area contributed by atoms with Crippen molar-refractivity contribution in [1.29, 1.82) is 0 Å². The van der Waals surface area contributed by atoms with E-state index in [1.807, 2.05) is 6.92 Å². The molecule has 4 saturated carbocycles. The molecule has 62 heavy (non-hydrogen) atoms. The molecule has 0 saturated heterocycles. The van der Waals surface area contributed by atoms with Crippen LogP contribution in [0.15, 0.2) is 109 Å². The summed E-state index contributed by atoms with van der Waals surface area (Å²) in [6, 6.07) is 42.5. The van der Waals surface area contributed by atoms with Crippen LogP contribution < -0.4 is 0 Å². The van der Waals surface area contributed by atoms with E-state index in [2.05, 4.69) is 123 Å². The van der Waals surface area contributed by atoms with Gasteiger partial charge in [0.25, 0.3) is 0 Å². The largest absolute Gasteiger partial charge is 0.164 e. The van der Waals surface area contributed by atoms with Gasteiger partial charge in [-0.15, -0.1) is 93.9 Å². The van der Waals surface area contributed by atoms with Crippen LogP contribution in [0.5, 0.6) is 0 Å². The molecule has 0 amide bonds. The average molecular weight is 961 g/mol. The monoisotopic (exact) mass is 958 g/mol. The maximum absolute atomic E-state index is 3.49. The van der Waals surface area contributed by atoms with E-state index in [1.165, 1.54) is 196 Å². The minimum Gasteiger partial charge on any atom is -0.164 e. The molecule has 4 fully saturated rings. The second-order valence-electron chi connectivity index (χ2n) is 18.5. The Balaban J connectivity index is 0.000000237. The van der Waals surface area contributed by atoms with E-state index in [0.29, 0.717) is 0 Å². The van der Waals surface area contributed by atoms with Gasteiger partial charge in [0.05, 0.1) is 0 Å². The maximum Gasteiger partial charge on any atom is -0.0162 e. The fourth-order valence-corrected chi connectivity index (χ4v) is 11.2. The van der Waals surface area contributed by atoms with Crippen LogP contribution in [0.3, 0.4) is 0 Å². The van der Waals surface area contributed by atoms with Gasteiger partial charge in [-0.3, -0.25) is 0 Å². The summed E-state index contributed by atoms with van der Waals surface area (Å²) in [6.45, 7) is 8.56. The van der Waals surface area contributed by atoms with E-state index in [9.17, 15) is 0 Å². The Hall–Kier alpha value is -2.22. The van der Waals surface area contributed by atoms with Crippen LogP contribution in [0.25, 0.3) is 43.8 Å². The Labute approximate surface area is 407 Å². The normalized spacial score (nSPS) is 17.0. The van der Waals surface area contributed by atoms with Gasteiger partial charge in [-0.1, -0.05) is 169 Å². The van der Waals surface area contributed by atoms with E-state index >= 15 is 0 Å². The third-order valence-electron chi connectivity index (χ3n) is 14.2. The first-order valence-electron chi connectivity index (χ1n) is 23.8. The van der Waals surface area contributed by atoms with Crippen molar-refractivity contribution in [3.8, 4) is 22.3 Å². The van der Waals surface area contributed by atoms with Gasteiger partial charge < -0.3 is 14.4 Å². The first-order chi connectivity index (χ1) is 29.1. The molecule has 6 aromatic rings. The summed E-state index contributed by atoms with van der Waals surface area (Å²) in [7, 11) is 0. The Morgan fingerprint density at radius 2 is 0.823 bits per heavy atom. The maximum atomic E-state index is 3.49. The Morgan fingerprint density at radius 3 is 1.16 bits per heavy atom. The quantitative estimate of drug-likeness (QED) is 0.105. The van der Waals surface area contributed by atoms with Gasteiger partial charge in [-0.2, -0.15) is 18.6 Å². The van der Waals surface area contributed by atoms with Crippen molar-refractivity contribution in [3.05, 3.63) is 146 Å². The number of hydrogen-bond donors (Lipinski definition) is 0. The van der Waals surface area contributed by atoms with Crippen molar-refractivity contribution in [2.24, 2.45) is 11.8 Å². The smallest absolute Gasteiger partial charge is 0.0162 e. The summed E-state index contributed by atoms with van der Waals surface area (Å²) in [4.78, 5) is 0. The fourth-order valence-electron chi connectivity index (χ4n) is 11.2. The molecule has 0 N–H and O–H groups in total. The van der Waals surface area contributed by atoms with E-state index in [0.717, 1.165) is 30.1 Å². The molecule has 4 heteroatoms. The molecule has 0 nitrogen and oxygen atoms in total. The topological polar surface area (TPSA) is 0 Å². The molecular weight excluding hydrogens is 887 g/mol. The van der Waals surface area contributed by atoms with Gasteiger partial charge in [-0.05, 0) is 84.5 Å². The summed E-state index contributed by atoms with van der Waals surface area (Å²) in [5.41, 5.74) is 11.7. The summed E-state index contributed by atoms with van der Waals surface area (Å²) in [5, 5.41) is 5.71. The average Bonchev–Trinajstić information content (AvgIpc) is 4.15. The molecule has 6 aromatic carbocycles. The number of halogens is 2. The number of fused-ring (bicyclic) bond motifs is 2. The van der Waals surface area contributed by atoms with E-state index in [-0.39, 0.29) is 32.2 Å².